The van der Waals surface area contributed by atoms with Crippen LogP contribution in [0.2, 0.25) is 0 Å². The maximum absolute atomic E-state index is 10.8. The Bertz CT molecular complexity index is 353. The van der Waals surface area contributed by atoms with Gasteiger partial charge in [0.05, 0.1) is 0 Å². The molecule has 22 heavy (non-hydrogen) atoms. The lowest BCUT2D eigenvalue weighted by Gasteiger charge is -2.19. The van der Waals surface area contributed by atoms with Gasteiger partial charge in [0, 0.05) is 6.61 Å². The third-order valence-electron chi connectivity index (χ3n) is 1.82. The summed E-state index contributed by atoms with van der Waals surface area (Å²) < 4.78 is 9.50. The number of alkyl carbamates (subject to hydrolysis) is 1. The van der Waals surface area contributed by atoms with Crippen LogP contribution < -0.4 is 11.1 Å². The number of unbranched alkanes of at least 4 members (excludes halogenated alkanes) is 1. The smallest absolute Gasteiger partial charge is 0.408 e. The van der Waals surface area contributed by atoms with E-state index in [1.165, 1.54) is 0 Å². The third kappa shape index (κ3) is 18.1. The van der Waals surface area contributed by atoms with Crippen LogP contribution in [0.5, 0.6) is 0 Å². The minimum absolute atomic E-state index is 0.421. The van der Waals surface area contributed by atoms with Gasteiger partial charge in [-0.05, 0) is 27.2 Å². The first-order valence-electron chi connectivity index (χ1n) is 6.78. The number of carboxylic acid groups (broad SMARTS) is 2. The Kier molecular flexibility index (Phi) is 12.0. The van der Waals surface area contributed by atoms with Gasteiger partial charge in [0.15, 0.2) is 0 Å². The predicted octanol–water partition coefficient (Wildman–Crippen LogP) is 0.768. The molecule has 0 aromatic rings. The molecule has 0 aliphatic rings. The van der Waals surface area contributed by atoms with Crippen molar-refractivity contribution in [1.29, 1.82) is 0 Å². The molecular formula is C13H26N2O7. The van der Waals surface area contributed by atoms with Crippen molar-refractivity contribution in [3.8, 4) is 0 Å². The van der Waals surface area contributed by atoms with Crippen molar-refractivity contribution in [2.45, 2.75) is 52.4 Å². The molecule has 1 atom stereocenters. The van der Waals surface area contributed by atoms with Crippen LogP contribution in [0.15, 0.2) is 0 Å². The molecule has 0 heterocycles. The lowest BCUT2D eigenvalue weighted by atomic mass is 10.2. The van der Waals surface area contributed by atoms with E-state index in [0.29, 0.717) is 6.61 Å². The molecule has 0 rings (SSSR count). The van der Waals surface area contributed by atoms with Crippen LogP contribution in [-0.4, -0.2) is 53.2 Å². The number of ether oxygens (including phenoxy) is 2. The zero-order valence-corrected chi connectivity index (χ0v) is 13.4. The Balaban J connectivity index is 0. The molecule has 0 saturated carbocycles. The molecule has 0 aliphatic carbocycles. The topological polar surface area (TPSA) is 148 Å². The maximum Gasteiger partial charge on any atom is 0.408 e. The SMILES string of the molecule is CC(C)(C)OC(=O)NCC(=O)O.CCCCOC(N)C(=O)O. The second-order valence-electron chi connectivity index (χ2n) is 5.23. The molecule has 1 amide bonds. The molecule has 9 nitrogen and oxygen atoms in total. The zero-order valence-electron chi connectivity index (χ0n) is 13.4. The van der Waals surface area contributed by atoms with Gasteiger partial charge in [0.2, 0.25) is 6.23 Å². The Morgan fingerprint density at radius 3 is 2.14 bits per heavy atom. The molecule has 0 aliphatic heterocycles. The summed E-state index contributed by atoms with van der Waals surface area (Å²) in [6, 6.07) is 0. The van der Waals surface area contributed by atoms with E-state index in [1.54, 1.807) is 20.8 Å². The summed E-state index contributed by atoms with van der Waals surface area (Å²) in [5.41, 5.74) is 4.44. The van der Waals surface area contributed by atoms with Crippen LogP contribution in [-0.2, 0) is 19.1 Å². The van der Waals surface area contributed by atoms with E-state index in [1.807, 2.05) is 6.92 Å². The second kappa shape index (κ2) is 11.8. The molecule has 130 valence electrons. The van der Waals surface area contributed by atoms with E-state index in [-0.39, 0.29) is 0 Å². The molecule has 0 radical (unpaired) electrons. The first kappa shape index (κ1) is 22.4. The fourth-order valence-electron chi connectivity index (χ4n) is 0.888. The van der Waals surface area contributed by atoms with E-state index >= 15 is 0 Å². The van der Waals surface area contributed by atoms with Gasteiger partial charge in [-0.1, -0.05) is 13.3 Å². The molecule has 0 spiro atoms. The van der Waals surface area contributed by atoms with Crippen LogP contribution in [0, 0.1) is 0 Å². The fraction of sp³-hybridized carbons (Fsp3) is 0.769. The van der Waals surface area contributed by atoms with Crippen molar-refractivity contribution >= 4 is 18.0 Å². The van der Waals surface area contributed by atoms with Gasteiger partial charge >= 0.3 is 18.0 Å². The fourth-order valence-corrected chi connectivity index (χ4v) is 0.888. The van der Waals surface area contributed by atoms with E-state index in [4.69, 9.17) is 25.4 Å². The normalized spacial score (nSPS) is 11.7. The highest BCUT2D eigenvalue weighted by molar-refractivity contribution is 5.76. The minimum atomic E-state index is -1.16. The monoisotopic (exact) mass is 322 g/mol. The molecule has 1 unspecified atom stereocenters. The number of amides is 1. The number of rotatable bonds is 7. The van der Waals surface area contributed by atoms with Crippen LogP contribution in [0.4, 0.5) is 4.79 Å². The Hall–Kier alpha value is -1.87. The highest BCUT2D eigenvalue weighted by Gasteiger charge is 2.16. The summed E-state index contributed by atoms with van der Waals surface area (Å²) in [5, 5.41) is 18.5. The standard InChI is InChI=1S/C7H13NO4.C6H13NO3/c1-7(2,3)12-6(11)8-4-5(9)10;1-2-3-4-10-5(7)6(8)9/h4H2,1-3H3,(H,8,11)(H,9,10);5H,2-4,7H2,1H3,(H,8,9). The van der Waals surface area contributed by atoms with Crippen LogP contribution in [0.25, 0.3) is 0 Å². The molecule has 0 saturated heterocycles. The zero-order chi connectivity index (χ0) is 17.8. The van der Waals surface area contributed by atoms with E-state index in [9.17, 15) is 14.4 Å². The van der Waals surface area contributed by atoms with Crippen molar-refractivity contribution in [3.05, 3.63) is 0 Å². The molecular weight excluding hydrogens is 296 g/mol. The molecule has 9 heteroatoms. The summed E-state index contributed by atoms with van der Waals surface area (Å²) in [5.74, 6) is -2.21. The number of carboxylic acids is 2. The van der Waals surface area contributed by atoms with Gasteiger partial charge in [-0.15, -0.1) is 0 Å². The first-order chi connectivity index (χ1) is 9.99. The Morgan fingerprint density at radius 2 is 1.77 bits per heavy atom. The number of hydrogen-bond donors (Lipinski definition) is 4. The van der Waals surface area contributed by atoms with Crippen molar-refractivity contribution < 1.29 is 34.1 Å². The first-order valence-corrected chi connectivity index (χ1v) is 6.78. The summed E-state index contributed by atoms with van der Waals surface area (Å²) in [7, 11) is 0. The number of carbonyl (C=O) groups is 3. The molecule has 5 N–H and O–H groups in total. The van der Waals surface area contributed by atoms with Gasteiger partial charge in [-0.25, -0.2) is 9.59 Å². The lowest BCUT2D eigenvalue weighted by molar-refractivity contribution is -0.150. The van der Waals surface area contributed by atoms with Gasteiger partial charge in [0.1, 0.15) is 12.1 Å². The van der Waals surface area contributed by atoms with E-state index in [2.05, 4.69) is 5.32 Å². The van der Waals surface area contributed by atoms with Crippen molar-refractivity contribution in [2.75, 3.05) is 13.2 Å². The molecule has 0 aromatic carbocycles. The average molecular weight is 322 g/mol. The number of aliphatic carboxylic acids is 2. The number of nitrogens with one attached hydrogen (secondary N) is 1. The number of nitrogens with two attached hydrogens (primary N) is 1. The summed E-state index contributed by atoms with van der Waals surface area (Å²) in [6.45, 7) is 7.10. The highest BCUT2D eigenvalue weighted by Crippen LogP contribution is 2.05. The lowest BCUT2D eigenvalue weighted by Crippen LogP contribution is -2.35. The summed E-state index contributed by atoms with van der Waals surface area (Å²) >= 11 is 0. The van der Waals surface area contributed by atoms with Crippen molar-refractivity contribution in [2.24, 2.45) is 5.73 Å². The van der Waals surface area contributed by atoms with Crippen LogP contribution in [0.3, 0.4) is 0 Å². The van der Waals surface area contributed by atoms with Crippen molar-refractivity contribution in [3.63, 3.8) is 0 Å². The van der Waals surface area contributed by atoms with Gasteiger partial charge in [0.25, 0.3) is 0 Å². The Labute approximate surface area is 129 Å². The van der Waals surface area contributed by atoms with E-state index in [0.717, 1.165) is 12.8 Å². The van der Waals surface area contributed by atoms with Gasteiger partial charge < -0.3 is 25.0 Å². The molecule has 0 fully saturated rings. The van der Waals surface area contributed by atoms with Gasteiger partial charge in [-0.3, -0.25) is 10.5 Å². The maximum atomic E-state index is 10.8. The average Bonchev–Trinajstić information content (AvgIpc) is 2.35. The largest absolute Gasteiger partial charge is 0.480 e. The van der Waals surface area contributed by atoms with Crippen LogP contribution in [0.1, 0.15) is 40.5 Å². The number of hydrogen-bond acceptors (Lipinski definition) is 6. The van der Waals surface area contributed by atoms with Gasteiger partial charge in [-0.2, -0.15) is 0 Å². The number of carbonyl (C=O) groups excluding carboxylic acids is 1. The van der Waals surface area contributed by atoms with Crippen LogP contribution >= 0.6 is 0 Å². The third-order valence-corrected chi connectivity index (χ3v) is 1.82. The van der Waals surface area contributed by atoms with Crippen molar-refractivity contribution in [1.82, 2.24) is 5.32 Å². The Morgan fingerprint density at radius 1 is 1.23 bits per heavy atom. The van der Waals surface area contributed by atoms with E-state index < -0.39 is 36.4 Å². The summed E-state index contributed by atoms with van der Waals surface area (Å²) in [4.78, 5) is 30.8. The molecule has 0 bridgehead atoms. The predicted molar refractivity (Wildman–Crippen MR) is 78.3 cm³/mol. The second-order valence-corrected chi connectivity index (χ2v) is 5.23. The minimum Gasteiger partial charge on any atom is -0.480 e. The summed E-state index contributed by atoms with van der Waals surface area (Å²) in [6.07, 6.45) is -0.0516. The molecule has 0 aromatic heterocycles. The quantitative estimate of drug-likeness (QED) is 0.396. The highest BCUT2D eigenvalue weighted by atomic mass is 16.6.